The van der Waals surface area contributed by atoms with Crippen LogP contribution in [0.2, 0.25) is 0 Å². The molecule has 0 fully saturated rings. The Kier molecular flexibility index (Phi) is 5.19. The average Bonchev–Trinajstić information content (AvgIpc) is 2.27. The van der Waals surface area contributed by atoms with E-state index < -0.39 is 0 Å². The van der Waals surface area contributed by atoms with Gasteiger partial charge in [0.05, 0.1) is 0 Å². The van der Waals surface area contributed by atoms with Crippen molar-refractivity contribution in [1.82, 2.24) is 0 Å². The molecule has 0 spiro atoms. The van der Waals surface area contributed by atoms with Gasteiger partial charge in [-0.1, -0.05) is 25.5 Å². The van der Waals surface area contributed by atoms with Gasteiger partial charge in [0.25, 0.3) is 0 Å². The molecule has 0 saturated heterocycles. The summed E-state index contributed by atoms with van der Waals surface area (Å²) in [5.41, 5.74) is 8.20. The minimum atomic E-state index is 0.762. The van der Waals surface area contributed by atoms with E-state index in [1.165, 1.54) is 24.1 Å². The fraction of sp³-hybridized carbons (Fsp3) is 0.538. The van der Waals surface area contributed by atoms with Gasteiger partial charge in [-0.2, -0.15) is 0 Å². The van der Waals surface area contributed by atoms with Crippen molar-refractivity contribution in [2.45, 2.75) is 26.2 Å². The standard InChI is InChI=1S/C13H22N2/c1-3-5-12-6-8-13(9-7-12)15(2)11-4-10-14/h6-9H,3-5,10-11,14H2,1-2H3. The lowest BCUT2D eigenvalue weighted by Crippen LogP contribution is -2.20. The first-order chi connectivity index (χ1) is 7.27. The highest BCUT2D eigenvalue weighted by atomic mass is 15.1. The maximum atomic E-state index is 5.49. The Labute approximate surface area is 93.1 Å². The Hall–Kier alpha value is -1.02. The van der Waals surface area contributed by atoms with Crippen molar-refractivity contribution in [1.29, 1.82) is 0 Å². The van der Waals surface area contributed by atoms with Gasteiger partial charge in [-0.15, -0.1) is 0 Å². The molecule has 1 aromatic carbocycles. The monoisotopic (exact) mass is 206 g/mol. The maximum Gasteiger partial charge on any atom is 0.0363 e. The molecular weight excluding hydrogens is 184 g/mol. The van der Waals surface area contributed by atoms with Gasteiger partial charge in [0.1, 0.15) is 0 Å². The van der Waals surface area contributed by atoms with Gasteiger partial charge in [0.15, 0.2) is 0 Å². The number of hydrogen-bond donors (Lipinski definition) is 1. The van der Waals surface area contributed by atoms with Crippen LogP contribution in [-0.4, -0.2) is 20.1 Å². The van der Waals surface area contributed by atoms with Crippen LogP contribution in [0.1, 0.15) is 25.3 Å². The molecule has 0 aliphatic rings. The van der Waals surface area contributed by atoms with Crippen LogP contribution in [0.5, 0.6) is 0 Å². The van der Waals surface area contributed by atoms with Crippen molar-refractivity contribution in [2.24, 2.45) is 5.73 Å². The number of aryl methyl sites for hydroxylation is 1. The van der Waals surface area contributed by atoms with Gasteiger partial charge in [0.2, 0.25) is 0 Å². The van der Waals surface area contributed by atoms with Crippen LogP contribution in [0.25, 0.3) is 0 Å². The molecule has 15 heavy (non-hydrogen) atoms. The third-order valence-electron chi connectivity index (χ3n) is 2.61. The van der Waals surface area contributed by atoms with Crippen LogP contribution in [0.4, 0.5) is 5.69 Å². The Morgan fingerprint density at radius 3 is 2.40 bits per heavy atom. The van der Waals surface area contributed by atoms with Crippen LogP contribution >= 0.6 is 0 Å². The fourth-order valence-corrected chi connectivity index (χ4v) is 1.66. The molecule has 0 aromatic heterocycles. The number of hydrogen-bond acceptors (Lipinski definition) is 2. The predicted molar refractivity (Wildman–Crippen MR) is 67.4 cm³/mol. The molecule has 0 saturated carbocycles. The summed E-state index contributed by atoms with van der Waals surface area (Å²) >= 11 is 0. The van der Waals surface area contributed by atoms with Gasteiger partial charge in [-0.3, -0.25) is 0 Å². The SMILES string of the molecule is CCCc1ccc(N(C)CCCN)cc1. The Balaban J connectivity index is 2.54. The smallest absolute Gasteiger partial charge is 0.0363 e. The topological polar surface area (TPSA) is 29.3 Å². The van der Waals surface area contributed by atoms with E-state index in [2.05, 4.69) is 43.1 Å². The third kappa shape index (κ3) is 3.92. The molecule has 0 amide bonds. The fourth-order valence-electron chi connectivity index (χ4n) is 1.66. The number of nitrogens with two attached hydrogens (primary N) is 1. The summed E-state index contributed by atoms with van der Waals surface area (Å²) < 4.78 is 0. The van der Waals surface area contributed by atoms with E-state index in [0.29, 0.717) is 0 Å². The molecule has 0 heterocycles. The van der Waals surface area contributed by atoms with Gasteiger partial charge >= 0.3 is 0 Å². The summed E-state index contributed by atoms with van der Waals surface area (Å²) in [6.07, 6.45) is 3.43. The largest absolute Gasteiger partial charge is 0.375 e. The highest BCUT2D eigenvalue weighted by molar-refractivity contribution is 5.46. The number of benzene rings is 1. The number of rotatable bonds is 6. The second-order valence-corrected chi connectivity index (χ2v) is 3.98. The van der Waals surface area contributed by atoms with E-state index in [4.69, 9.17) is 5.73 Å². The predicted octanol–water partition coefficient (Wildman–Crippen LogP) is 2.42. The summed E-state index contributed by atoms with van der Waals surface area (Å²) in [5, 5.41) is 0. The molecule has 0 aliphatic carbocycles. The normalized spacial score (nSPS) is 10.3. The van der Waals surface area contributed by atoms with Gasteiger partial charge in [0, 0.05) is 19.3 Å². The third-order valence-corrected chi connectivity index (χ3v) is 2.61. The van der Waals surface area contributed by atoms with Crippen molar-refractivity contribution in [3.63, 3.8) is 0 Å². The molecule has 2 N–H and O–H groups in total. The van der Waals surface area contributed by atoms with Crippen LogP contribution in [0.15, 0.2) is 24.3 Å². The van der Waals surface area contributed by atoms with E-state index in [9.17, 15) is 0 Å². The first-order valence-electron chi connectivity index (χ1n) is 5.78. The summed E-state index contributed by atoms with van der Waals surface area (Å²) in [7, 11) is 2.12. The number of anilines is 1. The molecule has 0 aliphatic heterocycles. The molecule has 2 nitrogen and oxygen atoms in total. The van der Waals surface area contributed by atoms with E-state index in [1.807, 2.05) is 0 Å². The minimum Gasteiger partial charge on any atom is -0.375 e. The first kappa shape index (κ1) is 12.1. The molecule has 1 aromatic rings. The molecule has 0 unspecified atom stereocenters. The Bertz CT molecular complexity index is 266. The lowest BCUT2D eigenvalue weighted by Gasteiger charge is -2.19. The van der Waals surface area contributed by atoms with E-state index >= 15 is 0 Å². The zero-order chi connectivity index (χ0) is 11.1. The molecule has 84 valence electrons. The summed E-state index contributed by atoms with van der Waals surface area (Å²) in [6.45, 7) is 4.00. The summed E-state index contributed by atoms with van der Waals surface area (Å²) in [4.78, 5) is 2.25. The quantitative estimate of drug-likeness (QED) is 0.774. The van der Waals surface area contributed by atoms with Crippen LogP contribution < -0.4 is 10.6 Å². The van der Waals surface area contributed by atoms with Crippen LogP contribution in [0.3, 0.4) is 0 Å². The van der Waals surface area contributed by atoms with Gasteiger partial charge in [-0.25, -0.2) is 0 Å². The average molecular weight is 206 g/mol. The van der Waals surface area contributed by atoms with Crippen LogP contribution in [0, 0.1) is 0 Å². The molecule has 0 bridgehead atoms. The number of nitrogens with zero attached hydrogens (tertiary/aromatic N) is 1. The minimum absolute atomic E-state index is 0.762. The molecule has 0 atom stereocenters. The van der Waals surface area contributed by atoms with Crippen LogP contribution in [-0.2, 0) is 6.42 Å². The van der Waals surface area contributed by atoms with Gasteiger partial charge in [-0.05, 0) is 37.1 Å². The molecular formula is C13H22N2. The van der Waals surface area contributed by atoms with Crippen molar-refractivity contribution in [3.05, 3.63) is 29.8 Å². The van der Waals surface area contributed by atoms with E-state index in [0.717, 1.165) is 19.5 Å². The second-order valence-electron chi connectivity index (χ2n) is 3.98. The lowest BCUT2D eigenvalue weighted by molar-refractivity contribution is 0.795. The Morgan fingerprint density at radius 1 is 1.20 bits per heavy atom. The van der Waals surface area contributed by atoms with Gasteiger partial charge < -0.3 is 10.6 Å². The van der Waals surface area contributed by atoms with E-state index in [-0.39, 0.29) is 0 Å². The Morgan fingerprint density at radius 2 is 1.87 bits per heavy atom. The van der Waals surface area contributed by atoms with Crippen molar-refractivity contribution in [2.75, 3.05) is 25.0 Å². The highest BCUT2D eigenvalue weighted by Gasteiger charge is 1.99. The first-order valence-corrected chi connectivity index (χ1v) is 5.78. The molecule has 1 rings (SSSR count). The summed E-state index contributed by atoms with van der Waals surface area (Å²) in [5.74, 6) is 0. The van der Waals surface area contributed by atoms with Crippen molar-refractivity contribution in [3.8, 4) is 0 Å². The molecule has 0 radical (unpaired) electrons. The van der Waals surface area contributed by atoms with Crippen molar-refractivity contribution < 1.29 is 0 Å². The lowest BCUT2D eigenvalue weighted by atomic mass is 10.1. The highest BCUT2D eigenvalue weighted by Crippen LogP contribution is 2.14. The van der Waals surface area contributed by atoms with E-state index in [1.54, 1.807) is 0 Å². The van der Waals surface area contributed by atoms with Crippen molar-refractivity contribution >= 4 is 5.69 Å². The maximum absolute atomic E-state index is 5.49. The zero-order valence-corrected chi connectivity index (χ0v) is 9.87. The second kappa shape index (κ2) is 6.46. The summed E-state index contributed by atoms with van der Waals surface area (Å²) in [6, 6.07) is 8.83. The molecule has 2 heteroatoms. The zero-order valence-electron chi connectivity index (χ0n) is 9.87.